The number of nitrogens with zero attached hydrogens (tertiary/aromatic N) is 1. The molecule has 0 saturated heterocycles. The first-order valence-corrected chi connectivity index (χ1v) is 20.7. The fourth-order valence-corrected chi connectivity index (χ4v) is 10.4. The van der Waals surface area contributed by atoms with Gasteiger partial charge in [-0.25, -0.2) is 0 Å². The highest BCUT2D eigenvalue weighted by Gasteiger charge is 2.32. The molecule has 0 fully saturated rings. The molecule has 3 rings (SSSR count). The van der Waals surface area contributed by atoms with Crippen LogP contribution in [-0.2, 0) is 0 Å². The molecule has 0 atom stereocenters. The monoisotopic (exact) mass is 543 g/mol. The van der Waals surface area contributed by atoms with Crippen molar-refractivity contribution in [3.8, 4) is 5.75 Å². The van der Waals surface area contributed by atoms with E-state index in [2.05, 4.69) is 129 Å². The van der Waals surface area contributed by atoms with Crippen molar-refractivity contribution < 1.29 is 4.74 Å². The molecule has 0 unspecified atom stereocenters. The Morgan fingerprint density at radius 2 is 1.34 bits per heavy atom. The summed E-state index contributed by atoms with van der Waals surface area (Å²) in [5.74, 6) is 0.926. The number of hydrogen-bond donors (Lipinski definition) is 0. The van der Waals surface area contributed by atoms with Crippen LogP contribution in [0.5, 0.6) is 5.75 Å². The van der Waals surface area contributed by atoms with Crippen LogP contribution >= 0.6 is 0 Å². The summed E-state index contributed by atoms with van der Waals surface area (Å²) in [6.45, 7) is 13.4. The largest absolute Gasteiger partial charge is 0.497 e. The maximum absolute atomic E-state index is 5.65. The molecule has 0 aliphatic rings. The minimum Gasteiger partial charge on any atom is -0.497 e. The van der Waals surface area contributed by atoms with E-state index < -0.39 is 16.3 Å². The SMILES string of the molecule is CCCCCCCCN(/C=C(/C[Si](C)(C)c1ccccc1)c1cccc(OC)c1)[Si](C)(C)c1ccccc1. The maximum atomic E-state index is 5.65. The lowest BCUT2D eigenvalue weighted by Crippen LogP contribution is -2.56. The third-order valence-electron chi connectivity index (χ3n) is 7.89. The molecule has 3 aromatic carbocycles. The summed E-state index contributed by atoms with van der Waals surface area (Å²) in [6, 6.07) is 32.1. The second-order valence-corrected chi connectivity index (χ2v) is 20.7. The zero-order valence-corrected chi connectivity index (χ0v) is 26.7. The van der Waals surface area contributed by atoms with Gasteiger partial charge in [0.25, 0.3) is 0 Å². The van der Waals surface area contributed by atoms with E-state index in [1.165, 1.54) is 60.0 Å². The first kappa shape index (κ1) is 30.0. The van der Waals surface area contributed by atoms with Gasteiger partial charge in [-0.2, -0.15) is 0 Å². The molecule has 4 heteroatoms. The first-order valence-electron chi connectivity index (χ1n) is 14.5. The van der Waals surface area contributed by atoms with E-state index >= 15 is 0 Å². The van der Waals surface area contributed by atoms with E-state index in [-0.39, 0.29) is 0 Å². The number of hydrogen-bond acceptors (Lipinski definition) is 2. The van der Waals surface area contributed by atoms with Gasteiger partial charge in [0, 0.05) is 6.54 Å². The summed E-state index contributed by atoms with van der Waals surface area (Å²) in [6.07, 6.45) is 10.5. The summed E-state index contributed by atoms with van der Waals surface area (Å²) in [5.41, 5.74) is 2.72. The fourth-order valence-electron chi connectivity index (χ4n) is 5.28. The average Bonchev–Trinajstić information content (AvgIpc) is 2.94. The van der Waals surface area contributed by atoms with Gasteiger partial charge < -0.3 is 9.30 Å². The molecule has 0 heterocycles. The lowest BCUT2D eigenvalue weighted by molar-refractivity contribution is 0.414. The minimum absolute atomic E-state index is 0.926. The van der Waals surface area contributed by atoms with Crippen LogP contribution in [0.4, 0.5) is 0 Å². The van der Waals surface area contributed by atoms with Crippen molar-refractivity contribution >= 4 is 32.3 Å². The average molecular weight is 544 g/mol. The highest BCUT2D eigenvalue weighted by Crippen LogP contribution is 2.30. The predicted molar refractivity (Wildman–Crippen MR) is 173 cm³/mol. The molecule has 0 amide bonds. The Bertz CT molecular complexity index is 1130. The molecule has 0 aliphatic heterocycles. The Morgan fingerprint density at radius 3 is 1.97 bits per heavy atom. The Hall–Kier alpha value is -2.57. The van der Waals surface area contributed by atoms with Crippen molar-refractivity contribution in [3.63, 3.8) is 0 Å². The van der Waals surface area contributed by atoms with Crippen molar-refractivity contribution in [3.05, 3.63) is 96.7 Å². The Labute approximate surface area is 234 Å². The minimum atomic E-state index is -1.92. The van der Waals surface area contributed by atoms with Crippen molar-refractivity contribution in [2.24, 2.45) is 0 Å². The molecular weight excluding hydrogens is 495 g/mol. The summed E-state index contributed by atoms with van der Waals surface area (Å²) in [7, 11) is -1.88. The van der Waals surface area contributed by atoms with Crippen LogP contribution in [0.3, 0.4) is 0 Å². The van der Waals surface area contributed by atoms with Crippen LogP contribution in [-0.4, -0.2) is 34.5 Å². The summed E-state index contributed by atoms with van der Waals surface area (Å²) in [4.78, 5) is 0. The van der Waals surface area contributed by atoms with Gasteiger partial charge >= 0.3 is 0 Å². The van der Waals surface area contributed by atoms with Gasteiger partial charge in [-0.15, -0.1) is 0 Å². The summed E-state index contributed by atoms with van der Waals surface area (Å²) in [5, 5.41) is 3.00. The fraction of sp³-hybridized carbons (Fsp3) is 0.412. The van der Waals surface area contributed by atoms with Crippen LogP contribution in [0.1, 0.15) is 51.0 Å². The Kier molecular flexibility index (Phi) is 11.5. The van der Waals surface area contributed by atoms with Crippen LogP contribution in [0.15, 0.2) is 91.1 Å². The van der Waals surface area contributed by atoms with Gasteiger partial charge in [0.05, 0.1) is 15.2 Å². The standard InChI is InChI=1S/C34H49NOSi2/c1-7-8-9-10-11-18-26-35(38(5,6)34-24-16-13-17-25-34)28-31(30-20-19-21-32(27-30)36-2)29-37(3,4)33-22-14-12-15-23-33/h12-17,19-25,27-28H,7-11,18,26,29H2,1-6H3/b31-28-. The van der Waals surface area contributed by atoms with E-state index in [4.69, 9.17) is 4.74 Å². The van der Waals surface area contributed by atoms with Crippen LogP contribution in [0.25, 0.3) is 5.57 Å². The number of benzene rings is 3. The molecule has 0 bridgehead atoms. The summed E-state index contributed by atoms with van der Waals surface area (Å²) >= 11 is 0. The normalized spacial score (nSPS) is 12.4. The van der Waals surface area contributed by atoms with E-state index in [0.29, 0.717) is 0 Å². The summed E-state index contributed by atoms with van der Waals surface area (Å²) < 4.78 is 8.41. The molecule has 204 valence electrons. The molecule has 0 saturated carbocycles. The highest BCUT2D eigenvalue weighted by molar-refractivity contribution is 6.91. The Balaban J connectivity index is 2.02. The first-order chi connectivity index (χ1) is 18.3. The predicted octanol–water partition coefficient (Wildman–Crippen LogP) is 8.43. The van der Waals surface area contributed by atoms with Gasteiger partial charge in [0.15, 0.2) is 8.24 Å². The van der Waals surface area contributed by atoms with E-state index in [1.807, 2.05) is 0 Å². The molecule has 0 aliphatic carbocycles. The number of ether oxygens (including phenoxy) is 1. The highest BCUT2D eigenvalue weighted by atomic mass is 28.3. The zero-order valence-electron chi connectivity index (χ0n) is 24.7. The van der Waals surface area contributed by atoms with Crippen LogP contribution < -0.4 is 15.1 Å². The van der Waals surface area contributed by atoms with Gasteiger partial charge in [-0.3, -0.25) is 0 Å². The quantitative estimate of drug-likeness (QED) is 0.141. The third-order valence-corrected chi connectivity index (χ3v) is 14.6. The Morgan fingerprint density at radius 1 is 0.737 bits per heavy atom. The number of allylic oxidation sites excluding steroid dienone is 1. The zero-order chi connectivity index (χ0) is 27.4. The molecule has 38 heavy (non-hydrogen) atoms. The molecule has 0 spiro atoms. The molecule has 0 aromatic heterocycles. The smallest absolute Gasteiger partial charge is 0.181 e. The molecule has 3 aromatic rings. The van der Waals surface area contributed by atoms with E-state index in [0.717, 1.165) is 18.3 Å². The molecular formula is C34H49NOSi2. The topological polar surface area (TPSA) is 12.5 Å². The van der Waals surface area contributed by atoms with Crippen molar-refractivity contribution in [2.75, 3.05) is 13.7 Å². The van der Waals surface area contributed by atoms with Crippen molar-refractivity contribution in [1.29, 1.82) is 0 Å². The second kappa shape index (κ2) is 14.5. The van der Waals surface area contributed by atoms with Crippen LogP contribution in [0, 0.1) is 0 Å². The van der Waals surface area contributed by atoms with Crippen molar-refractivity contribution in [1.82, 2.24) is 4.57 Å². The van der Waals surface area contributed by atoms with Gasteiger partial charge in [-0.1, -0.05) is 130 Å². The van der Waals surface area contributed by atoms with Gasteiger partial charge in [-0.05, 0) is 60.2 Å². The van der Waals surface area contributed by atoms with E-state index in [9.17, 15) is 0 Å². The molecule has 0 radical (unpaired) electrons. The lowest BCUT2D eigenvalue weighted by Gasteiger charge is -2.38. The second-order valence-electron chi connectivity index (χ2n) is 11.7. The lowest BCUT2D eigenvalue weighted by atomic mass is 10.1. The van der Waals surface area contributed by atoms with Gasteiger partial charge in [0.2, 0.25) is 0 Å². The van der Waals surface area contributed by atoms with E-state index in [1.54, 1.807) is 7.11 Å². The number of unbranched alkanes of at least 4 members (excludes halogenated alkanes) is 5. The third kappa shape index (κ3) is 8.47. The molecule has 2 nitrogen and oxygen atoms in total. The van der Waals surface area contributed by atoms with Crippen LogP contribution in [0.2, 0.25) is 32.2 Å². The van der Waals surface area contributed by atoms with Crippen molar-refractivity contribution in [2.45, 2.75) is 77.7 Å². The maximum Gasteiger partial charge on any atom is 0.181 e. The number of rotatable bonds is 15. The van der Waals surface area contributed by atoms with Gasteiger partial charge in [0.1, 0.15) is 5.75 Å². The number of methoxy groups -OCH3 is 1. The molecule has 0 N–H and O–H groups in total.